The molecule has 5 nitrogen and oxygen atoms in total. The van der Waals surface area contributed by atoms with Crippen molar-refractivity contribution in [2.24, 2.45) is 4.99 Å². The van der Waals surface area contributed by atoms with Crippen LogP contribution in [0, 0.1) is 0 Å². The minimum absolute atomic E-state index is 0.122. The highest BCUT2D eigenvalue weighted by atomic mass is 16.6. The van der Waals surface area contributed by atoms with Crippen LogP contribution in [0.15, 0.2) is 59.5 Å². The molecule has 0 atom stereocenters. The number of carbonyl (C=O) groups is 1. The Bertz CT molecular complexity index is 763. The van der Waals surface area contributed by atoms with E-state index in [0.717, 1.165) is 16.9 Å². The normalized spacial score (nSPS) is 15.7. The van der Waals surface area contributed by atoms with Gasteiger partial charge in [-0.3, -0.25) is 4.98 Å². The minimum Gasteiger partial charge on any atom is -0.491 e. The van der Waals surface area contributed by atoms with Crippen molar-refractivity contribution < 1.29 is 14.3 Å². The van der Waals surface area contributed by atoms with Crippen LogP contribution in [0.25, 0.3) is 6.08 Å². The number of nitrogens with zero attached hydrogens (tertiary/aromatic N) is 2. The van der Waals surface area contributed by atoms with Crippen LogP contribution in [0.2, 0.25) is 0 Å². The van der Waals surface area contributed by atoms with E-state index >= 15 is 0 Å². The summed E-state index contributed by atoms with van der Waals surface area (Å²) in [6.07, 6.45) is 5.06. The van der Waals surface area contributed by atoms with E-state index in [0.29, 0.717) is 5.90 Å². The van der Waals surface area contributed by atoms with Gasteiger partial charge in [-0.15, -0.1) is 0 Å². The quantitative estimate of drug-likeness (QED) is 0.643. The Morgan fingerprint density at radius 1 is 1.09 bits per heavy atom. The van der Waals surface area contributed by atoms with Gasteiger partial charge in [0.15, 0.2) is 5.70 Å². The van der Waals surface area contributed by atoms with Gasteiger partial charge < -0.3 is 9.47 Å². The molecule has 0 radical (unpaired) electrons. The summed E-state index contributed by atoms with van der Waals surface area (Å²) in [5.74, 6) is 0.625. The zero-order valence-corrected chi connectivity index (χ0v) is 12.9. The van der Waals surface area contributed by atoms with Gasteiger partial charge >= 0.3 is 5.97 Å². The number of hydrogen-bond acceptors (Lipinski definition) is 5. The molecule has 5 heteroatoms. The first-order chi connectivity index (χ1) is 11.1. The van der Waals surface area contributed by atoms with E-state index in [-0.39, 0.29) is 11.8 Å². The molecule has 2 aromatic rings. The maximum atomic E-state index is 11.9. The Balaban J connectivity index is 1.82. The van der Waals surface area contributed by atoms with Gasteiger partial charge in [-0.2, -0.15) is 0 Å². The van der Waals surface area contributed by atoms with E-state index < -0.39 is 5.97 Å². The maximum Gasteiger partial charge on any atom is 0.363 e. The molecule has 0 amide bonds. The molecule has 23 heavy (non-hydrogen) atoms. The van der Waals surface area contributed by atoms with Crippen molar-refractivity contribution in [3.63, 3.8) is 0 Å². The van der Waals surface area contributed by atoms with Crippen molar-refractivity contribution in [3.05, 3.63) is 65.6 Å². The highest BCUT2D eigenvalue weighted by Gasteiger charge is 2.23. The number of aromatic nitrogens is 1. The molecule has 0 unspecified atom stereocenters. The Morgan fingerprint density at radius 3 is 2.43 bits per heavy atom. The number of pyridine rings is 1. The molecule has 1 aromatic carbocycles. The van der Waals surface area contributed by atoms with Crippen molar-refractivity contribution in [3.8, 4) is 5.75 Å². The zero-order valence-electron chi connectivity index (χ0n) is 12.9. The lowest BCUT2D eigenvalue weighted by Gasteiger charge is -2.09. The number of rotatable bonds is 4. The van der Waals surface area contributed by atoms with Crippen molar-refractivity contribution >= 4 is 17.9 Å². The first-order valence-electron chi connectivity index (χ1n) is 7.31. The predicted molar refractivity (Wildman–Crippen MR) is 87.0 cm³/mol. The zero-order chi connectivity index (χ0) is 16.2. The third kappa shape index (κ3) is 3.63. The van der Waals surface area contributed by atoms with Crippen LogP contribution in [0.5, 0.6) is 5.75 Å². The number of esters is 1. The Hall–Kier alpha value is -2.95. The molecule has 3 rings (SSSR count). The van der Waals surface area contributed by atoms with Crippen LogP contribution in [0.1, 0.15) is 25.0 Å². The summed E-state index contributed by atoms with van der Waals surface area (Å²) in [4.78, 5) is 20.1. The molecule has 116 valence electrons. The van der Waals surface area contributed by atoms with Crippen LogP contribution < -0.4 is 4.74 Å². The summed E-state index contributed by atoms with van der Waals surface area (Å²) in [6.45, 7) is 3.94. The van der Waals surface area contributed by atoms with E-state index in [1.165, 1.54) is 0 Å². The molecular weight excluding hydrogens is 292 g/mol. The topological polar surface area (TPSA) is 60.8 Å². The van der Waals surface area contributed by atoms with E-state index in [1.807, 2.05) is 38.1 Å². The molecule has 0 fully saturated rings. The number of hydrogen-bond donors (Lipinski definition) is 0. The maximum absolute atomic E-state index is 11.9. The van der Waals surface area contributed by atoms with Crippen molar-refractivity contribution in [1.82, 2.24) is 4.98 Å². The lowest BCUT2D eigenvalue weighted by molar-refractivity contribution is -0.129. The van der Waals surface area contributed by atoms with E-state index in [4.69, 9.17) is 9.47 Å². The van der Waals surface area contributed by atoms with Gasteiger partial charge in [0.05, 0.1) is 6.10 Å². The summed E-state index contributed by atoms with van der Waals surface area (Å²) in [7, 11) is 0. The molecule has 0 aliphatic carbocycles. The summed E-state index contributed by atoms with van der Waals surface area (Å²) in [5.41, 5.74) is 1.85. The van der Waals surface area contributed by atoms with E-state index in [2.05, 4.69) is 9.98 Å². The minimum atomic E-state index is -0.459. The second-order valence-electron chi connectivity index (χ2n) is 5.31. The van der Waals surface area contributed by atoms with Crippen molar-refractivity contribution in [2.45, 2.75) is 20.0 Å². The largest absolute Gasteiger partial charge is 0.491 e. The highest BCUT2D eigenvalue weighted by Crippen LogP contribution is 2.20. The third-order valence-corrected chi connectivity index (χ3v) is 3.10. The molecule has 2 heterocycles. The van der Waals surface area contributed by atoms with E-state index in [9.17, 15) is 4.79 Å². The molecular formula is C18H16N2O3. The molecule has 1 aliphatic rings. The standard InChI is InChI=1S/C18H16N2O3/c1-12(2)22-15-5-3-13(4-6-15)11-16-18(21)23-17(20-16)14-7-9-19-10-8-14/h3-12H,1-2H3/b16-11+. The smallest absolute Gasteiger partial charge is 0.363 e. The fourth-order valence-electron chi connectivity index (χ4n) is 2.10. The van der Waals surface area contributed by atoms with Crippen LogP contribution >= 0.6 is 0 Å². The first-order valence-corrected chi connectivity index (χ1v) is 7.31. The number of ether oxygens (including phenoxy) is 2. The van der Waals surface area contributed by atoms with Crippen LogP contribution in [-0.2, 0) is 9.53 Å². The Morgan fingerprint density at radius 2 is 1.78 bits per heavy atom. The molecule has 0 spiro atoms. The average Bonchev–Trinajstić information content (AvgIpc) is 2.91. The molecule has 0 saturated carbocycles. The lowest BCUT2D eigenvalue weighted by atomic mass is 10.2. The molecule has 0 N–H and O–H groups in total. The second-order valence-corrected chi connectivity index (χ2v) is 5.31. The fraction of sp³-hybridized carbons (Fsp3) is 0.167. The summed E-state index contributed by atoms with van der Waals surface area (Å²) in [6, 6.07) is 11.0. The SMILES string of the molecule is CC(C)Oc1ccc(/C=C2/N=C(c3ccncc3)OC2=O)cc1. The van der Waals surface area contributed by atoms with Gasteiger partial charge in [-0.05, 0) is 49.8 Å². The lowest BCUT2D eigenvalue weighted by Crippen LogP contribution is -2.05. The summed E-state index contributed by atoms with van der Waals surface area (Å²) < 4.78 is 10.8. The second kappa shape index (κ2) is 6.44. The molecule has 1 aromatic heterocycles. The summed E-state index contributed by atoms with van der Waals surface area (Å²) in [5, 5.41) is 0. The Labute approximate surface area is 134 Å². The van der Waals surface area contributed by atoms with Gasteiger partial charge in [0.2, 0.25) is 5.90 Å². The van der Waals surface area contributed by atoms with E-state index in [1.54, 1.807) is 30.6 Å². The number of benzene rings is 1. The fourth-order valence-corrected chi connectivity index (χ4v) is 2.10. The van der Waals surface area contributed by atoms with Crippen LogP contribution in [0.3, 0.4) is 0 Å². The molecule has 1 aliphatic heterocycles. The third-order valence-electron chi connectivity index (χ3n) is 3.10. The average molecular weight is 308 g/mol. The van der Waals surface area contributed by atoms with Crippen molar-refractivity contribution in [2.75, 3.05) is 0 Å². The number of aliphatic imine (C=N–C) groups is 1. The van der Waals surface area contributed by atoms with Gasteiger partial charge in [0.1, 0.15) is 5.75 Å². The number of carbonyl (C=O) groups excluding carboxylic acids is 1. The molecule has 0 bridgehead atoms. The predicted octanol–water partition coefficient (Wildman–Crippen LogP) is 3.21. The Kier molecular flexibility index (Phi) is 4.19. The van der Waals surface area contributed by atoms with Gasteiger partial charge in [0.25, 0.3) is 0 Å². The summed E-state index contributed by atoms with van der Waals surface area (Å²) >= 11 is 0. The first kappa shape index (κ1) is 15.0. The van der Waals surface area contributed by atoms with Crippen molar-refractivity contribution in [1.29, 1.82) is 0 Å². The monoisotopic (exact) mass is 308 g/mol. The van der Waals surface area contributed by atoms with Gasteiger partial charge in [-0.25, -0.2) is 9.79 Å². The molecule has 0 saturated heterocycles. The van der Waals surface area contributed by atoms with Crippen LogP contribution in [-0.4, -0.2) is 23.0 Å². The number of cyclic esters (lactones) is 1. The highest BCUT2D eigenvalue weighted by molar-refractivity contribution is 6.12. The van der Waals surface area contributed by atoms with Gasteiger partial charge in [-0.1, -0.05) is 12.1 Å². The van der Waals surface area contributed by atoms with Gasteiger partial charge in [0, 0.05) is 18.0 Å². The van der Waals surface area contributed by atoms with Crippen LogP contribution in [0.4, 0.5) is 0 Å².